The maximum Gasteiger partial charge on any atom is 0.354 e. The van der Waals surface area contributed by atoms with Gasteiger partial charge in [0.15, 0.2) is 0 Å². The zero-order valence-corrected chi connectivity index (χ0v) is 11.0. The average molecular weight is 266 g/mol. The zero-order chi connectivity index (χ0) is 14.3. The molecule has 0 radical (unpaired) electrons. The maximum absolute atomic E-state index is 11.7. The molecule has 6 nitrogen and oxygen atoms in total. The molecule has 0 atom stereocenters. The summed E-state index contributed by atoms with van der Waals surface area (Å²) in [6, 6.07) is 4.31. The van der Waals surface area contributed by atoms with Crippen LogP contribution in [0.1, 0.15) is 41.2 Å². The zero-order valence-electron chi connectivity index (χ0n) is 11.0. The molecule has 2 N–H and O–H groups in total. The number of aromatic nitrogens is 1. The molecule has 6 heteroatoms. The Balaban J connectivity index is 2.41. The van der Waals surface area contributed by atoms with Crippen molar-refractivity contribution < 1.29 is 19.4 Å². The van der Waals surface area contributed by atoms with E-state index in [4.69, 9.17) is 9.84 Å². The fourth-order valence-corrected chi connectivity index (χ4v) is 1.36. The van der Waals surface area contributed by atoms with Gasteiger partial charge in [0.05, 0.1) is 6.10 Å². The van der Waals surface area contributed by atoms with Gasteiger partial charge in [0.1, 0.15) is 11.4 Å². The number of nitrogens with one attached hydrogen (secondary N) is 1. The second kappa shape index (κ2) is 7.48. The summed E-state index contributed by atoms with van der Waals surface area (Å²) in [7, 11) is 0. The van der Waals surface area contributed by atoms with Gasteiger partial charge < -0.3 is 15.2 Å². The number of nitrogens with zero attached hydrogens (tertiary/aromatic N) is 1. The Labute approximate surface area is 111 Å². The van der Waals surface area contributed by atoms with E-state index in [1.807, 2.05) is 13.8 Å². The van der Waals surface area contributed by atoms with Crippen LogP contribution in [0.15, 0.2) is 18.2 Å². The van der Waals surface area contributed by atoms with Crippen LogP contribution in [0.2, 0.25) is 0 Å². The van der Waals surface area contributed by atoms with Crippen LogP contribution >= 0.6 is 0 Å². The lowest BCUT2D eigenvalue weighted by Crippen LogP contribution is -2.26. The van der Waals surface area contributed by atoms with Crippen LogP contribution in [0.5, 0.6) is 0 Å². The Bertz CT molecular complexity index is 446. The second-order valence-corrected chi connectivity index (χ2v) is 4.24. The monoisotopic (exact) mass is 266 g/mol. The van der Waals surface area contributed by atoms with E-state index in [0.717, 1.165) is 0 Å². The molecule has 1 heterocycles. The van der Waals surface area contributed by atoms with Gasteiger partial charge in [-0.1, -0.05) is 6.07 Å². The summed E-state index contributed by atoms with van der Waals surface area (Å²) in [5, 5.41) is 11.4. The molecule has 0 bridgehead atoms. The standard InChI is InChI=1S/C13H18N2O4/c1-9(2)19-8-4-7-14-12(16)10-5-3-6-11(15-10)13(17)18/h3,5-6,9H,4,7-8H2,1-2H3,(H,14,16)(H,17,18). The minimum absolute atomic E-state index is 0.102. The number of carboxylic acid groups (broad SMARTS) is 1. The fourth-order valence-electron chi connectivity index (χ4n) is 1.36. The maximum atomic E-state index is 11.7. The molecular weight excluding hydrogens is 248 g/mol. The third-order valence-electron chi connectivity index (χ3n) is 2.26. The van der Waals surface area contributed by atoms with Gasteiger partial charge in [0.2, 0.25) is 0 Å². The van der Waals surface area contributed by atoms with Crippen molar-refractivity contribution in [3.05, 3.63) is 29.6 Å². The summed E-state index contributed by atoms with van der Waals surface area (Å²) in [5.41, 5.74) is -0.0412. The van der Waals surface area contributed by atoms with Crippen LogP contribution < -0.4 is 5.32 Å². The molecule has 1 amide bonds. The normalized spacial score (nSPS) is 10.5. The van der Waals surface area contributed by atoms with E-state index < -0.39 is 5.97 Å². The molecule has 0 unspecified atom stereocenters. The van der Waals surface area contributed by atoms with Crippen LogP contribution in [0, 0.1) is 0 Å². The molecule has 0 aliphatic carbocycles. The lowest BCUT2D eigenvalue weighted by Gasteiger charge is -2.08. The molecule has 0 fully saturated rings. The van der Waals surface area contributed by atoms with Crippen LogP contribution in [0.25, 0.3) is 0 Å². The van der Waals surface area contributed by atoms with E-state index in [9.17, 15) is 9.59 Å². The first kappa shape index (κ1) is 15.1. The molecule has 0 aliphatic heterocycles. The highest BCUT2D eigenvalue weighted by Gasteiger charge is 2.10. The van der Waals surface area contributed by atoms with Crippen molar-refractivity contribution >= 4 is 11.9 Å². The Hall–Kier alpha value is -1.95. The van der Waals surface area contributed by atoms with Crippen molar-refractivity contribution in [1.82, 2.24) is 10.3 Å². The first-order chi connectivity index (χ1) is 9.00. The first-order valence-corrected chi connectivity index (χ1v) is 6.11. The number of rotatable bonds is 7. The number of amides is 1. The summed E-state index contributed by atoms with van der Waals surface area (Å²) in [6.45, 7) is 4.92. The smallest absolute Gasteiger partial charge is 0.354 e. The van der Waals surface area contributed by atoms with E-state index >= 15 is 0 Å². The van der Waals surface area contributed by atoms with E-state index in [-0.39, 0.29) is 23.4 Å². The molecule has 0 saturated carbocycles. The summed E-state index contributed by atoms with van der Waals surface area (Å²) in [6.07, 6.45) is 0.868. The van der Waals surface area contributed by atoms with Gasteiger partial charge in [0.25, 0.3) is 5.91 Å². The van der Waals surface area contributed by atoms with E-state index in [2.05, 4.69) is 10.3 Å². The van der Waals surface area contributed by atoms with Gasteiger partial charge in [-0.05, 0) is 32.4 Å². The Morgan fingerprint density at radius 3 is 2.68 bits per heavy atom. The van der Waals surface area contributed by atoms with Crippen molar-refractivity contribution in [3.8, 4) is 0 Å². The Kier molecular flexibility index (Phi) is 5.95. The predicted molar refractivity (Wildman–Crippen MR) is 69.2 cm³/mol. The molecule has 1 aromatic heterocycles. The largest absolute Gasteiger partial charge is 0.477 e. The number of carbonyl (C=O) groups is 2. The highest BCUT2D eigenvalue weighted by Crippen LogP contribution is 1.99. The highest BCUT2D eigenvalue weighted by atomic mass is 16.5. The lowest BCUT2D eigenvalue weighted by atomic mass is 10.3. The van der Waals surface area contributed by atoms with Crippen molar-refractivity contribution in [3.63, 3.8) is 0 Å². The molecule has 1 rings (SSSR count). The van der Waals surface area contributed by atoms with Crippen LogP contribution in [0.3, 0.4) is 0 Å². The van der Waals surface area contributed by atoms with Crippen LogP contribution in [-0.2, 0) is 4.74 Å². The molecule has 104 valence electrons. The van der Waals surface area contributed by atoms with Crippen molar-refractivity contribution in [2.45, 2.75) is 26.4 Å². The summed E-state index contributed by atoms with van der Waals surface area (Å²) >= 11 is 0. The van der Waals surface area contributed by atoms with E-state index in [0.29, 0.717) is 19.6 Å². The molecule has 19 heavy (non-hydrogen) atoms. The number of carboxylic acids is 1. The van der Waals surface area contributed by atoms with Crippen LogP contribution in [-0.4, -0.2) is 41.2 Å². The van der Waals surface area contributed by atoms with Gasteiger partial charge >= 0.3 is 5.97 Å². The van der Waals surface area contributed by atoms with Gasteiger partial charge in [0, 0.05) is 13.2 Å². The molecule has 0 spiro atoms. The molecule has 0 aromatic carbocycles. The summed E-state index contributed by atoms with van der Waals surface area (Å²) in [4.78, 5) is 26.2. The van der Waals surface area contributed by atoms with E-state index in [1.165, 1.54) is 18.2 Å². The Morgan fingerprint density at radius 1 is 1.37 bits per heavy atom. The minimum Gasteiger partial charge on any atom is -0.477 e. The van der Waals surface area contributed by atoms with Gasteiger partial charge in [-0.25, -0.2) is 9.78 Å². The average Bonchev–Trinajstić information content (AvgIpc) is 2.37. The molecule has 1 aromatic rings. The minimum atomic E-state index is -1.15. The number of pyridine rings is 1. The van der Waals surface area contributed by atoms with E-state index in [1.54, 1.807) is 0 Å². The quantitative estimate of drug-likeness (QED) is 0.727. The molecule has 0 saturated heterocycles. The molecule has 0 aliphatic rings. The SMILES string of the molecule is CC(C)OCCCNC(=O)c1cccc(C(=O)O)n1. The fraction of sp³-hybridized carbons (Fsp3) is 0.462. The highest BCUT2D eigenvalue weighted by molar-refractivity contribution is 5.94. The second-order valence-electron chi connectivity index (χ2n) is 4.24. The lowest BCUT2D eigenvalue weighted by molar-refractivity contribution is 0.0690. The summed E-state index contributed by atoms with van der Waals surface area (Å²) < 4.78 is 5.34. The number of aromatic carboxylic acids is 1. The number of hydrogen-bond acceptors (Lipinski definition) is 4. The van der Waals surface area contributed by atoms with Crippen LogP contribution in [0.4, 0.5) is 0 Å². The number of ether oxygens (including phenoxy) is 1. The third-order valence-corrected chi connectivity index (χ3v) is 2.26. The van der Waals surface area contributed by atoms with Crippen molar-refractivity contribution in [2.24, 2.45) is 0 Å². The molecular formula is C13H18N2O4. The predicted octanol–water partition coefficient (Wildman–Crippen LogP) is 1.32. The van der Waals surface area contributed by atoms with Gasteiger partial charge in [-0.15, -0.1) is 0 Å². The topological polar surface area (TPSA) is 88.5 Å². The number of carbonyl (C=O) groups excluding carboxylic acids is 1. The summed E-state index contributed by atoms with van der Waals surface area (Å²) in [5.74, 6) is -1.53. The Morgan fingerprint density at radius 2 is 2.05 bits per heavy atom. The van der Waals surface area contributed by atoms with Gasteiger partial charge in [-0.3, -0.25) is 4.79 Å². The third kappa shape index (κ3) is 5.48. The first-order valence-electron chi connectivity index (χ1n) is 6.11. The van der Waals surface area contributed by atoms with Crippen molar-refractivity contribution in [1.29, 1.82) is 0 Å². The van der Waals surface area contributed by atoms with Crippen molar-refractivity contribution in [2.75, 3.05) is 13.2 Å². The van der Waals surface area contributed by atoms with Gasteiger partial charge in [-0.2, -0.15) is 0 Å². The number of hydrogen-bond donors (Lipinski definition) is 2.